The number of carbonyl (C=O) groups excluding carboxylic acids is 2. The van der Waals surface area contributed by atoms with Gasteiger partial charge in [-0.2, -0.15) is 0 Å². The number of benzene rings is 2. The van der Waals surface area contributed by atoms with Gasteiger partial charge in [0, 0.05) is 43.6 Å². The van der Waals surface area contributed by atoms with Crippen LogP contribution in [0.5, 0.6) is 0 Å². The van der Waals surface area contributed by atoms with E-state index in [1.54, 1.807) is 12.1 Å². The van der Waals surface area contributed by atoms with E-state index < -0.39 is 0 Å². The molecule has 2 saturated heterocycles. The summed E-state index contributed by atoms with van der Waals surface area (Å²) < 4.78 is 5.40. The highest BCUT2D eigenvalue weighted by Crippen LogP contribution is 2.35. The lowest BCUT2D eigenvalue weighted by atomic mass is 9.97. The zero-order chi connectivity index (χ0) is 21.4. The summed E-state index contributed by atoms with van der Waals surface area (Å²) in [6, 6.07) is 13.3. The molecule has 2 amide bonds. The highest BCUT2D eigenvalue weighted by Gasteiger charge is 2.37. The van der Waals surface area contributed by atoms with Crippen molar-refractivity contribution in [3.05, 3.63) is 53.6 Å². The van der Waals surface area contributed by atoms with Crippen molar-refractivity contribution < 1.29 is 14.3 Å². The van der Waals surface area contributed by atoms with Crippen LogP contribution in [-0.2, 0) is 4.74 Å². The number of hydrogen-bond acceptors (Lipinski definition) is 5. The third kappa shape index (κ3) is 3.74. The Morgan fingerprint density at radius 1 is 1.03 bits per heavy atom. The van der Waals surface area contributed by atoms with Crippen molar-refractivity contribution in [1.82, 2.24) is 4.90 Å². The van der Waals surface area contributed by atoms with Gasteiger partial charge >= 0.3 is 0 Å². The van der Waals surface area contributed by atoms with Gasteiger partial charge in [0.1, 0.15) is 6.17 Å². The van der Waals surface area contributed by atoms with E-state index in [4.69, 9.17) is 4.74 Å². The topological polar surface area (TPSA) is 65.1 Å². The molecular formula is C24H28N4O3. The minimum atomic E-state index is -0.172. The summed E-state index contributed by atoms with van der Waals surface area (Å²) in [7, 11) is 2.01. The molecule has 2 fully saturated rings. The third-order valence-electron chi connectivity index (χ3n) is 6.55. The van der Waals surface area contributed by atoms with Crippen molar-refractivity contribution in [2.75, 3.05) is 55.0 Å². The molecule has 0 radical (unpaired) electrons. The van der Waals surface area contributed by atoms with Crippen LogP contribution >= 0.6 is 0 Å². The standard InChI is InChI=1S/C24H28N4O3/c1-26-21-16-17(5-10-20(21)24(30)28-11-3-2-4-22(26)28)23(29)25-18-6-8-19(9-7-18)27-12-14-31-15-13-27/h5-10,16,22H,2-4,11-15H2,1H3,(H,25,29)/t22-/m0/s1. The molecule has 0 aromatic heterocycles. The second-order valence-corrected chi connectivity index (χ2v) is 8.42. The molecule has 0 spiro atoms. The van der Waals surface area contributed by atoms with Crippen LogP contribution in [0.15, 0.2) is 42.5 Å². The lowest BCUT2D eigenvalue weighted by Gasteiger charge is -2.46. The first-order valence-electron chi connectivity index (χ1n) is 11.0. The number of nitrogens with one attached hydrogen (secondary N) is 1. The van der Waals surface area contributed by atoms with E-state index in [-0.39, 0.29) is 18.0 Å². The number of ether oxygens (including phenoxy) is 1. The number of fused-ring (bicyclic) bond motifs is 2. The zero-order valence-corrected chi connectivity index (χ0v) is 17.8. The monoisotopic (exact) mass is 420 g/mol. The summed E-state index contributed by atoms with van der Waals surface area (Å²) >= 11 is 0. The van der Waals surface area contributed by atoms with E-state index in [9.17, 15) is 9.59 Å². The Labute approximate surface area is 182 Å². The first-order valence-corrected chi connectivity index (χ1v) is 11.0. The third-order valence-corrected chi connectivity index (χ3v) is 6.55. The Morgan fingerprint density at radius 2 is 1.81 bits per heavy atom. The Kier molecular flexibility index (Phi) is 5.28. The number of morpholine rings is 1. The lowest BCUT2D eigenvalue weighted by molar-refractivity contribution is 0.0589. The summed E-state index contributed by atoms with van der Waals surface area (Å²) in [6.07, 6.45) is 3.22. The summed E-state index contributed by atoms with van der Waals surface area (Å²) in [6.45, 7) is 4.05. The van der Waals surface area contributed by atoms with E-state index in [1.165, 1.54) is 0 Å². The largest absolute Gasteiger partial charge is 0.378 e. The highest BCUT2D eigenvalue weighted by atomic mass is 16.5. The van der Waals surface area contributed by atoms with E-state index in [0.29, 0.717) is 11.1 Å². The molecule has 0 aliphatic carbocycles. The van der Waals surface area contributed by atoms with Gasteiger partial charge in [0.25, 0.3) is 11.8 Å². The van der Waals surface area contributed by atoms with Crippen LogP contribution in [0.4, 0.5) is 17.1 Å². The Hall–Kier alpha value is -3.06. The SMILES string of the molecule is CN1c2cc(C(=O)Nc3ccc(N4CCOCC4)cc3)ccc2C(=O)N2CCCC[C@H]21. The molecule has 2 aromatic carbocycles. The number of nitrogens with zero attached hydrogens (tertiary/aromatic N) is 3. The molecule has 2 aromatic rings. The van der Waals surface area contributed by atoms with Crippen LogP contribution in [0.2, 0.25) is 0 Å². The molecule has 0 bridgehead atoms. The molecule has 162 valence electrons. The van der Waals surface area contributed by atoms with Crippen molar-refractivity contribution in [3.8, 4) is 0 Å². The predicted molar refractivity (Wildman–Crippen MR) is 121 cm³/mol. The molecule has 3 aliphatic heterocycles. The fourth-order valence-corrected chi connectivity index (χ4v) is 4.79. The maximum Gasteiger partial charge on any atom is 0.257 e. The first-order chi connectivity index (χ1) is 15.1. The molecule has 3 aliphatic rings. The Bertz CT molecular complexity index is 985. The van der Waals surface area contributed by atoms with Gasteiger partial charge in [-0.25, -0.2) is 0 Å². The lowest BCUT2D eigenvalue weighted by Crippen LogP contribution is -2.55. The van der Waals surface area contributed by atoms with Gasteiger partial charge in [0.2, 0.25) is 0 Å². The van der Waals surface area contributed by atoms with E-state index >= 15 is 0 Å². The Balaban J connectivity index is 1.32. The quantitative estimate of drug-likeness (QED) is 0.826. The predicted octanol–water partition coefficient (Wildman–Crippen LogP) is 3.18. The maximum atomic E-state index is 12.9. The highest BCUT2D eigenvalue weighted by molar-refractivity contribution is 6.08. The minimum Gasteiger partial charge on any atom is -0.378 e. The molecule has 0 unspecified atom stereocenters. The fraction of sp³-hybridized carbons (Fsp3) is 0.417. The van der Waals surface area contributed by atoms with Crippen molar-refractivity contribution >= 4 is 28.9 Å². The first kappa shape index (κ1) is 19.9. The van der Waals surface area contributed by atoms with E-state index in [2.05, 4.69) is 15.1 Å². The number of amides is 2. The molecule has 7 heteroatoms. The van der Waals surface area contributed by atoms with Crippen LogP contribution < -0.4 is 15.1 Å². The number of rotatable bonds is 3. The van der Waals surface area contributed by atoms with Gasteiger partial charge in [-0.1, -0.05) is 0 Å². The summed E-state index contributed by atoms with van der Waals surface area (Å²) in [4.78, 5) is 32.2. The van der Waals surface area contributed by atoms with Gasteiger partial charge in [0.15, 0.2) is 0 Å². The maximum absolute atomic E-state index is 12.9. The van der Waals surface area contributed by atoms with Gasteiger partial charge in [-0.3, -0.25) is 9.59 Å². The van der Waals surface area contributed by atoms with Gasteiger partial charge < -0.3 is 24.8 Å². The molecule has 3 heterocycles. The van der Waals surface area contributed by atoms with Crippen LogP contribution in [0, 0.1) is 0 Å². The van der Waals surface area contributed by atoms with Crippen LogP contribution in [0.25, 0.3) is 0 Å². The van der Waals surface area contributed by atoms with Crippen molar-refractivity contribution in [3.63, 3.8) is 0 Å². The zero-order valence-electron chi connectivity index (χ0n) is 17.8. The molecule has 1 N–H and O–H groups in total. The summed E-state index contributed by atoms with van der Waals surface area (Å²) in [5.41, 5.74) is 3.95. The van der Waals surface area contributed by atoms with Crippen LogP contribution in [-0.4, -0.2) is 62.8 Å². The average molecular weight is 421 g/mol. The Morgan fingerprint density at radius 3 is 2.58 bits per heavy atom. The molecule has 7 nitrogen and oxygen atoms in total. The summed E-state index contributed by atoms with van der Waals surface area (Å²) in [5, 5.41) is 2.98. The summed E-state index contributed by atoms with van der Waals surface area (Å²) in [5.74, 6) is -0.0997. The number of hydrogen-bond donors (Lipinski definition) is 1. The number of piperidine rings is 1. The minimum absolute atomic E-state index is 0.0726. The number of anilines is 3. The number of carbonyl (C=O) groups is 2. The second-order valence-electron chi connectivity index (χ2n) is 8.42. The van der Waals surface area contributed by atoms with Crippen molar-refractivity contribution in [1.29, 1.82) is 0 Å². The van der Waals surface area contributed by atoms with Gasteiger partial charge in [-0.15, -0.1) is 0 Å². The fourth-order valence-electron chi connectivity index (χ4n) is 4.79. The average Bonchev–Trinajstić information content (AvgIpc) is 2.83. The van der Waals surface area contributed by atoms with Crippen molar-refractivity contribution in [2.24, 2.45) is 0 Å². The van der Waals surface area contributed by atoms with Crippen LogP contribution in [0.3, 0.4) is 0 Å². The van der Waals surface area contributed by atoms with Gasteiger partial charge in [0.05, 0.1) is 24.5 Å². The van der Waals surface area contributed by atoms with Gasteiger partial charge in [-0.05, 0) is 61.7 Å². The smallest absolute Gasteiger partial charge is 0.257 e. The molecule has 0 saturated carbocycles. The molecule has 5 rings (SSSR count). The normalized spacial score (nSPS) is 20.9. The van der Waals surface area contributed by atoms with Crippen LogP contribution in [0.1, 0.15) is 40.0 Å². The van der Waals surface area contributed by atoms with Crippen molar-refractivity contribution in [2.45, 2.75) is 25.4 Å². The molecular weight excluding hydrogens is 392 g/mol. The van der Waals surface area contributed by atoms with E-state index in [0.717, 1.165) is 69.2 Å². The second kappa shape index (κ2) is 8.23. The van der Waals surface area contributed by atoms with E-state index in [1.807, 2.05) is 42.3 Å². The molecule has 1 atom stereocenters. The molecule has 31 heavy (non-hydrogen) atoms.